The van der Waals surface area contributed by atoms with Gasteiger partial charge in [-0.15, -0.1) is 31.4 Å². The summed E-state index contributed by atoms with van der Waals surface area (Å²) in [5.74, 6) is -0.724. The molecular formula is C17H13Cl3N8O2S. The number of rotatable bonds is 7. The average Bonchev–Trinajstić information content (AvgIpc) is 3.46. The lowest BCUT2D eigenvalue weighted by atomic mass is 10.2. The van der Waals surface area contributed by atoms with Crippen LogP contribution in [0.5, 0.6) is 0 Å². The molecule has 0 saturated heterocycles. The lowest BCUT2D eigenvalue weighted by Gasteiger charge is -2.05. The molecule has 1 aromatic carbocycles. The van der Waals surface area contributed by atoms with E-state index in [0.717, 1.165) is 10.4 Å². The third-order valence-electron chi connectivity index (χ3n) is 4.25. The summed E-state index contributed by atoms with van der Waals surface area (Å²) in [6, 6.07) is 2.56. The number of hydrogen-bond donors (Lipinski definition) is 1. The van der Waals surface area contributed by atoms with Crippen molar-refractivity contribution in [2.45, 2.75) is 25.9 Å². The van der Waals surface area contributed by atoms with Crippen LogP contribution in [0.2, 0.25) is 15.1 Å². The first-order chi connectivity index (χ1) is 14.9. The molecule has 0 aliphatic rings. The van der Waals surface area contributed by atoms with Gasteiger partial charge in [0.1, 0.15) is 10.7 Å². The number of thiazole rings is 1. The fourth-order valence-electron chi connectivity index (χ4n) is 2.75. The van der Waals surface area contributed by atoms with E-state index in [1.807, 2.05) is 0 Å². The highest BCUT2D eigenvalue weighted by Gasteiger charge is 2.22. The number of aliphatic carboxylic acids is 1. The molecule has 3 aromatic heterocycles. The molecule has 31 heavy (non-hydrogen) atoms. The Bertz CT molecular complexity index is 1230. The summed E-state index contributed by atoms with van der Waals surface area (Å²) in [5.41, 5.74) is 1.38. The number of nitrogens with zero attached hydrogens (tertiary/aromatic N) is 8. The molecule has 0 saturated carbocycles. The van der Waals surface area contributed by atoms with Crippen LogP contribution in [0.15, 0.2) is 24.5 Å². The van der Waals surface area contributed by atoms with Crippen molar-refractivity contribution in [3.05, 3.63) is 45.2 Å². The van der Waals surface area contributed by atoms with E-state index < -0.39 is 12.0 Å². The Morgan fingerprint density at radius 3 is 2.61 bits per heavy atom. The minimum Gasteiger partial charge on any atom is -0.480 e. The molecular weight excluding hydrogens is 487 g/mol. The first-order valence-electron chi connectivity index (χ1n) is 8.88. The zero-order valence-electron chi connectivity index (χ0n) is 15.8. The van der Waals surface area contributed by atoms with Gasteiger partial charge in [0.2, 0.25) is 5.82 Å². The van der Waals surface area contributed by atoms with Gasteiger partial charge in [0.05, 0.1) is 32.7 Å². The van der Waals surface area contributed by atoms with Crippen molar-refractivity contribution in [2.24, 2.45) is 0 Å². The Hall–Kier alpha value is -2.60. The quantitative estimate of drug-likeness (QED) is 0.377. The number of carbonyl (C=O) groups is 1. The normalized spacial score (nSPS) is 12.3. The fourth-order valence-corrected chi connectivity index (χ4v) is 4.18. The molecule has 0 radical (unpaired) electrons. The number of aromatic nitrogens is 8. The molecule has 0 bridgehead atoms. The summed E-state index contributed by atoms with van der Waals surface area (Å²) in [6.07, 6.45) is 3.66. The largest absolute Gasteiger partial charge is 0.480 e. The van der Waals surface area contributed by atoms with Crippen LogP contribution in [-0.4, -0.2) is 51.3 Å². The Kier molecular flexibility index (Phi) is 6.19. The highest BCUT2D eigenvalue weighted by Crippen LogP contribution is 2.32. The molecule has 4 rings (SSSR count). The van der Waals surface area contributed by atoms with Gasteiger partial charge in [-0.25, -0.2) is 14.5 Å². The van der Waals surface area contributed by atoms with Gasteiger partial charge in [-0.3, -0.25) is 0 Å². The minimum absolute atomic E-state index is 0.293. The molecule has 0 aliphatic heterocycles. The van der Waals surface area contributed by atoms with Gasteiger partial charge in [-0.1, -0.05) is 46.9 Å². The number of halogens is 3. The number of carboxylic acids is 1. The molecule has 10 nitrogen and oxygen atoms in total. The van der Waals surface area contributed by atoms with Crippen molar-refractivity contribution in [3.8, 4) is 21.4 Å². The lowest BCUT2D eigenvalue weighted by molar-refractivity contribution is -0.141. The maximum atomic E-state index is 11.3. The highest BCUT2D eigenvalue weighted by atomic mass is 35.5. The molecule has 0 fully saturated rings. The van der Waals surface area contributed by atoms with E-state index in [4.69, 9.17) is 34.8 Å². The Morgan fingerprint density at radius 1 is 1.19 bits per heavy atom. The van der Waals surface area contributed by atoms with Crippen LogP contribution >= 0.6 is 46.1 Å². The van der Waals surface area contributed by atoms with Crippen molar-refractivity contribution in [1.29, 1.82) is 0 Å². The van der Waals surface area contributed by atoms with E-state index in [2.05, 4.69) is 30.7 Å². The van der Waals surface area contributed by atoms with Gasteiger partial charge in [-0.2, -0.15) is 0 Å². The second-order valence-electron chi connectivity index (χ2n) is 6.40. The van der Waals surface area contributed by atoms with Crippen LogP contribution in [0.1, 0.15) is 24.9 Å². The van der Waals surface area contributed by atoms with Crippen LogP contribution in [0.3, 0.4) is 0 Å². The first kappa shape index (κ1) is 21.6. The molecule has 160 valence electrons. The van der Waals surface area contributed by atoms with Gasteiger partial charge in [0.25, 0.3) is 0 Å². The van der Waals surface area contributed by atoms with Gasteiger partial charge >= 0.3 is 5.97 Å². The van der Waals surface area contributed by atoms with Crippen molar-refractivity contribution in [3.63, 3.8) is 0 Å². The molecule has 1 atom stereocenters. The minimum atomic E-state index is -1.02. The predicted molar refractivity (Wildman–Crippen MR) is 115 cm³/mol. The van der Waals surface area contributed by atoms with E-state index in [1.165, 1.54) is 11.3 Å². The van der Waals surface area contributed by atoms with Gasteiger partial charge in [0, 0.05) is 6.20 Å². The van der Waals surface area contributed by atoms with E-state index >= 15 is 0 Å². The fraction of sp³-hybridized carbons (Fsp3) is 0.235. The Labute approximate surface area is 194 Å². The molecule has 0 spiro atoms. The molecule has 0 amide bonds. The molecule has 14 heteroatoms. The maximum absolute atomic E-state index is 11.3. The average molecular weight is 500 g/mol. The molecule has 1 unspecified atom stereocenters. The smallest absolute Gasteiger partial charge is 0.330 e. The Balaban J connectivity index is 1.52. The third-order valence-corrected chi connectivity index (χ3v) is 6.46. The predicted octanol–water partition coefficient (Wildman–Crippen LogP) is 4.10. The summed E-state index contributed by atoms with van der Waals surface area (Å²) < 4.78 is 1.62. The molecule has 3 heterocycles. The molecule has 4 aromatic rings. The third kappa shape index (κ3) is 4.54. The number of tetrazole rings is 1. The second-order valence-corrected chi connectivity index (χ2v) is 8.62. The van der Waals surface area contributed by atoms with Crippen LogP contribution in [0.25, 0.3) is 21.4 Å². The summed E-state index contributed by atoms with van der Waals surface area (Å²) in [5, 5.41) is 31.1. The zero-order valence-corrected chi connectivity index (χ0v) is 18.9. The second kappa shape index (κ2) is 8.87. The lowest BCUT2D eigenvalue weighted by Crippen LogP contribution is -2.20. The van der Waals surface area contributed by atoms with Crippen LogP contribution < -0.4 is 0 Å². The van der Waals surface area contributed by atoms with E-state index in [-0.39, 0.29) is 0 Å². The van der Waals surface area contributed by atoms with Crippen molar-refractivity contribution < 1.29 is 9.90 Å². The summed E-state index contributed by atoms with van der Waals surface area (Å²) >= 11 is 19.4. The summed E-state index contributed by atoms with van der Waals surface area (Å²) in [6.45, 7) is 2.13. The van der Waals surface area contributed by atoms with Crippen LogP contribution in [0.4, 0.5) is 0 Å². The maximum Gasteiger partial charge on any atom is 0.330 e. The van der Waals surface area contributed by atoms with Crippen LogP contribution in [0, 0.1) is 0 Å². The monoisotopic (exact) mass is 498 g/mol. The number of benzene rings is 1. The van der Waals surface area contributed by atoms with Crippen molar-refractivity contribution in [1.82, 2.24) is 40.2 Å². The van der Waals surface area contributed by atoms with Crippen molar-refractivity contribution >= 4 is 52.1 Å². The molecule has 1 N–H and O–H groups in total. The molecule has 0 aliphatic carbocycles. The topological polar surface area (TPSA) is 124 Å². The van der Waals surface area contributed by atoms with Gasteiger partial charge in [-0.05, 0) is 29.3 Å². The number of hydrogen-bond acceptors (Lipinski definition) is 8. The standard InChI is InChI=1S/C17H13Cl3N8O2S/c1-2-12(17(29)30)28-24-15(23-26-28)13-5-21-16(31-13)11-7-27(25-22-11)6-8-3-9(18)14(20)10(19)4-8/h3-5,7,12H,2,6H2,1H3,(H,29,30). The van der Waals surface area contributed by atoms with E-state index in [1.54, 1.807) is 36.1 Å². The van der Waals surface area contributed by atoms with Crippen molar-refractivity contribution in [2.75, 3.05) is 0 Å². The summed E-state index contributed by atoms with van der Waals surface area (Å²) in [4.78, 5) is 17.3. The van der Waals surface area contributed by atoms with Gasteiger partial charge < -0.3 is 5.11 Å². The summed E-state index contributed by atoms with van der Waals surface area (Å²) in [7, 11) is 0. The SMILES string of the molecule is CCC(C(=O)O)n1nnc(-c2cnc(-c3cn(Cc4cc(Cl)c(Cl)c(Cl)c4)nn3)s2)n1. The zero-order chi connectivity index (χ0) is 22.1. The van der Waals surface area contributed by atoms with Gasteiger partial charge in [0.15, 0.2) is 6.04 Å². The number of carboxylic acid groups (broad SMARTS) is 1. The Morgan fingerprint density at radius 2 is 1.94 bits per heavy atom. The van der Waals surface area contributed by atoms with E-state index in [0.29, 0.717) is 49.4 Å². The van der Waals surface area contributed by atoms with E-state index in [9.17, 15) is 9.90 Å². The highest BCUT2D eigenvalue weighted by molar-refractivity contribution is 7.18. The van der Waals surface area contributed by atoms with Crippen LogP contribution in [-0.2, 0) is 11.3 Å². The first-order valence-corrected chi connectivity index (χ1v) is 10.8.